The van der Waals surface area contributed by atoms with Gasteiger partial charge in [0.2, 0.25) is 0 Å². The maximum absolute atomic E-state index is 4.07. The SMILES string of the molecule is CCC1(Cc2ccncc2)CCCCN1. The normalized spacial score (nSPS) is 26.5. The van der Waals surface area contributed by atoms with Gasteiger partial charge in [0.1, 0.15) is 0 Å². The van der Waals surface area contributed by atoms with Gasteiger partial charge in [0.25, 0.3) is 0 Å². The number of pyridine rings is 1. The van der Waals surface area contributed by atoms with Crippen molar-refractivity contribution in [3.8, 4) is 0 Å². The van der Waals surface area contributed by atoms with Crippen molar-refractivity contribution < 1.29 is 0 Å². The fraction of sp³-hybridized carbons (Fsp3) is 0.615. The number of hydrogen-bond donors (Lipinski definition) is 1. The molecule has 1 aliphatic rings. The molecule has 2 heteroatoms. The molecule has 2 nitrogen and oxygen atoms in total. The predicted molar refractivity (Wildman–Crippen MR) is 62.8 cm³/mol. The van der Waals surface area contributed by atoms with Crippen LogP contribution in [-0.2, 0) is 6.42 Å². The first kappa shape index (κ1) is 10.6. The molecule has 1 fully saturated rings. The molecule has 2 rings (SSSR count). The van der Waals surface area contributed by atoms with Gasteiger partial charge in [-0.25, -0.2) is 0 Å². The summed E-state index contributed by atoms with van der Waals surface area (Å²) >= 11 is 0. The van der Waals surface area contributed by atoms with Gasteiger partial charge >= 0.3 is 0 Å². The van der Waals surface area contributed by atoms with Gasteiger partial charge in [-0.05, 0) is 49.9 Å². The summed E-state index contributed by atoms with van der Waals surface area (Å²) < 4.78 is 0. The van der Waals surface area contributed by atoms with Gasteiger partial charge in [0, 0.05) is 17.9 Å². The van der Waals surface area contributed by atoms with Crippen molar-refractivity contribution in [3.05, 3.63) is 30.1 Å². The van der Waals surface area contributed by atoms with Crippen molar-refractivity contribution in [1.29, 1.82) is 0 Å². The van der Waals surface area contributed by atoms with Crippen molar-refractivity contribution in [1.82, 2.24) is 10.3 Å². The van der Waals surface area contributed by atoms with Crippen LogP contribution in [0.15, 0.2) is 24.5 Å². The highest BCUT2D eigenvalue weighted by molar-refractivity contribution is 5.14. The van der Waals surface area contributed by atoms with Gasteiger partial charge in [-0.1, -0.05) is 13.3 Å². The summed E-state index contributed by atoms with van der Waals surface area (Å²) in [7, 11) is 0. The first-order valence-corrected chi connectivity index (χ1v) is 5.99. The quantitative estimate of drug-likeness (QED) is 0.818. The Morgan fingerprint density at radius 2 is 2.13 bits per heavy atom. The Hall–Kier alpha value is -0.890. The number of piperidine rings is 1. The van der Waals surface area contributed by atoms with E-state index in [1.165, 1.54) is 37.8 Å². The van der Waals surface area contributed by atoms with E-state index in [4.69, 9.17) is 0 Å². The van der Waals surface area contributed by atoms with E-state index in [1.807, 2.05) is 12.4 Å². The molecule has 1 aromatic heterocycles. The highest BCUT2D eigenvalue weighted by Gasteiger charge is 2.29. The van der Waals surface area contributed by atoms with Gasteiger partial charge in [-0.15, -0.1) is 0 Å². The molecule has 1 atom stereocenters. The second kappa shape index (κ2) is 4.75. The summed E-state index contributed by atoms with van der Waals surface area (Å²) in [4.78, 5) is 4.07. The Morgan fingerprint density at radius 3 is 2.73 bits per heavy atom. The summed E-state index contributed by atoms with van der Waals surface area (Å²) in [5.74, 6) is 0. The number of hydrogen-bond acceptors (Lipinski definition) is 2. The number of rotatable bonds is 3. The fourth-order valence-electron chi connectivity index (χ4n) is 2.50. The molecular weight excluding hydrogens is 184 g/mol. The Bertz CT molecular complexity index is 289. The zero-order valence-corrected chi connectivity index (χ0v) is 9.50. The maximum Gasteiger partial charge on any atom is 0.0270 e. The molecule has 1 unspecified atom stereocenters. The van der Waals surface area contributed by atoms with E-state index in [1.54, 1.807) is 0 Å². The van der Waals surface area contributed by atoms with E-state index in [-0.39, 0.29) is 0 Å². The van der Waals surface area contributed by atoms with Crippen LogP contribution in [0.25, 0.3) is 0 Å². The minimum atomic E-state index is 0.347. The van der Waals surface area contributed by atoms with Crippen LogP contribution in [0.4, 0.5) is 0 Å². The Morgan fingerprint density at radius 1 is 1.33 bits per heavy atom. The number of nitrogens with zero attached hydrogens (tertiary/aromatic N) is 1. The van der Waals surface area contributed by atoms with Crippen LogP contribution < -0.4 is 5.32 Å². The molecule has 1 aliphatic heterocycles. The van der Waals surface area contributed by atoms with E-state index >= 15 is 0 Å². The summed E-state index contributed by atoms with van der Waals surface area (Å²) in [5, 5.41) is 3.71. The number of aromatic nitrogens is 1. The van der Waals surface area contributed by atoms with Crippen molar-refractivity contribution in [2.75, 3.05) is 6.54 Å². The second-order valence-corrected chi connectivity index (χ2v) is 4.55. The number of nitrogens with one attached hydrogen (secondary N) is 1. The molecule has 15 heavy (non-hydrogen) atoms. The second-order valence-electron chi connectivity index (χ2n) is 4.55. The summed E-state index contributed by atoms with van der Waals surface area (Å²) in [5.41, 5.74) is 1.75. The topological polar surface area (TPSA) is 24.9 Å². The third kappa shape index (κ3) is 2.57. The first-order valence-electron chi connectivity index (χ1n) is 5.99. The lowest BCUT2D eigenvalue weighted by Crippen LogP contribution is -2.49. The van der Waals surface area contributed by atoms with Gasteiger partial charge in [-0.2, -0.15) is 0 Å². The molecule has 2 heterocycles. The first-order chi connectivity index (χ1) is 7.35. The molecule has 1 aromatic rings. The van der Waals surface area contributed by atoms with Gasteiger partial charge in [-0.3, -0.25) is 4.98 Å². The largest absolute Gasteiger partial charge is 0.311 e. The van der Waals surface area contributed by atoms with Crippen molar-refractivity contribution in [2.24, 2.45) is 0 Å². The van der Waals surface area contributed by atoms with E-state index in [0.717, 1.165) is 6.42 Å². The Labute approximate surface area is 92.1 Å². The van der Waals surface area contributed by atoms with Crippen LogP contribution >= 0.6 is 0 Å². The predicted octanol–water partition coefficient (Wildman–Crippen LogP) is 2.55. The lowest BCUT2D eigenvalue weighted by atomic mass is 9.81. The van der Waals surface area contributed by atoms with Crippen LogP contribution in [-0.4, -0.2) is 17.1 Å². The monoisotopic (exact) mass is 204 g/mol. The van der Waals surface area contributed by atoms with E-state index in [2.05, 4.69) is 29.4 Å². The molecule has 0 amide bonds. The molecule has 0 saturated carbocycles. The third-order valence-corrected chi connectivity index (χ3v) is 3.55. The average molecular weight is 204 g/mol. The van der Waals surface area contributed by atoms with Crippen LogP contribution in [0.1, 0.15) is 38.2 Å². The van der Waals surface area contributed by atoms with Crippen molar-refractivity contribution in [3.63, 3.8) is 0 Å². The minimum absolute atomic E-state index is 0.347. The minimum Gasteiger partial charge on any atom is -0.311 e. The lowest BCUT2D eigenvalue weighted by Gasteiger charge is -2.38. The highest BCUT2D eigenvalue weighted by Crippen LogP contribution is 2.26. The van der Waals surface area contributed by atoms with Gasteiger partial charge in [0.05, 0.1) is 0 Å². The Balaban J connectivity index is 2.07. The summed E-state index contributed by atoms with van der Waals surface area (Å²) in [6.45, 7) is 3.47. The highest BCUT2D eigenvalue weighted by atomic mass is 15.0. The molecule has 1 N–H and O–H groups in total. The Kier molecular flexibility index (Phi) is 3.37. The van der Waals surface area contributed by atoms with E-state index in [0.29, 0.717) is 5.54 Å². The molecule has 1 saturated heterocycles. The zero-order valence-electron chi connectivity index (χ0n) is 9.50. The molecular formula is C13H20N2. The van der Waals surface area contributed by atoms with Crippen LogP contribution in [0.3, 0.4) is 0 Å². The van der Waals surface area contributed by atoms with E-state index < -0.39 is 0 Å². The summed E-state index contributed by atoms with van der Waals surface area (Å²) in [6, 6.07) is 4.27. The van der Waals surface area contributed by atoms with Crippen LogP contribution in [0.5, 0.6) is 0 Å². The van der Waals surface area contributed by atoms with Gasteiger partial charge in [0.15, 0.2) is 0 Å². The van der Waals surface area contributed by atoms with Crippen LogP contribution in [0, 0.1) is 0 Å². The van der Waals surface area contributed by atoms with Crippen molar-refractivity contribution >= 4 is 0 Å². The summed E-state index contributed by atoms with van der Waals surface area (Å²) in [6.07, 6.45) is 10.2. The molecule has 0 aliphatic carbocycles. The average Bonchev–Trinajstić information content (AvgIpc) is 2.32. The van der Waals surface area contributed by atoms with E-state index in [9.17, 15) is 0 Å². The molecule has 0 bridgehead atoms. The molecule has 0 spiro atoms. The molecule has 0 radical (unpaired) electrons. The van der Waals surface area contributed by atoms with Crippen molar-refractivity contribution in [2.45, 2.75) is 44.6 Å². The van der Waals surface area contributed by atoms with Gasteiger partial charge < -0.3 is 5.32 Å². The standard InChI is InChI=1S/C13H20N2/c1-2-13(7-3-4-8-15-13)11-12-5-9-14-10-6-12/h5-6,9-10,15H,2-4,7-8,11H2,1H3. The smallest absolute Gasteiger partial charge is 0.0270 e. The molecule has 0 aromatic carbocycles. The third-order valence-electron chi connectivity index (χ3n) is 3.55. The maximum atomic E-state index is 4.07. The van der Waals surface area contributed by atoms with Crippen LogP contribution in [0.2, 0.25) is 0 Å². The molecule has 82 valence electrons. The fourth-order valence-corrected chi connectivity index (χ4v) is 2.50. The zero-order chi connectivity index (χ0) is 10.6. The lowest BCUT2D eigenvalue weighted by molar-refractivity contribution is 0.243.